The zero-order valence-electron chi connectivity index (χ0n) is 22.9. The van der Waals surface area contributed by atoms with E-state index in [1.165, 1.54) is 5.56 Å². The van der Waals surface area contributed by atoms with E-state index in [1.54, 1.807) is 11.6 Å². The van der Waals surface area contributed by atoms with Gasteiger partial charge in [-0.25, -0.2) is 0 Å². The van der Waals surface area contributed by atoms with Crippen molar-refractivity contribution in [2.24, 2.45) is 5.92 Å². The lowest BCUT2D eigenvalue weighted by molar-refractivity contribution is -0.137. The van der Waals surface area contributed by atoms with Crippen molar-refractivity contribution in [1.82, 2.24) is 29.6 Å². The minimum atomic E-state index is 0.0600. The van der Waals surface area contributed by atoms with Gasteiger partial charge in [-0.2, -0.15) is 4.52 Å². The minimum Gasteiger partial charge on any atom is -0.492 e. The number of fused-ring (bicyclic) bond motifs is 1. The summed E-state index contributed by atoms with van der Waals surface area (Å²) in [6, 6.07) is 13.3. The molecule has 1 amide bonds. The number of hydrogen-bond donors (Lipinski definition) is 0. The minimum absolute atomic E-state index is 0.0600. The lowest BCUT2D eigenvalue weighted by atomic mass is 9.89. The summed E-state index contributed by atoms with van der Waals surface area (Å²) in [6.45, 7) is 12.0. The number of benzene rings is 1. The summed E-state index contributed by atoms with van der Waals surface area (Å²) in [5.41, 5.74) is 2.04. The lowest BCUT2D eigenvalue weighted by Gasteiger charge is -2.40. The Labute approximate surface area is 224 Å². The molecule has 0 radical (unpaired) electrons. The molecule has 0 bridgehead atoms. The molecule has 0 spiro atoms. The van der Waals surface area contributed by atoms with Crippen molar-refractivity contribution < 1.29 is 14.3 Å². The van der Waals surface area contributed by atoms with Crippen LogP contribution >= 0.6 is 0 Å². The number of carbonyl (C=O) groups excluding carboxylic acids is 1. The number of nitrogens with zero attached hydrogens (tertiary/aromatic N) is 7. The Balaban J connectivity index is 1.08. The van der Waals surface area contributed by atoms with E-state index in [0.717, 1.165) is 63.7 Å². The van der Waals surface area contributed by atoms with Crippen LogP contribution in [0.2, 0.25) is 0 Å². The quantitative estimate of drug-likeness (QED) is 0.447. The summed E-state index contributed by atoms with van der Waals surface area (Å²) < 4.78 is 13.0. The van der Waals surface area contributed by atoms with Gasteiger partial charge in [-0.3, -0.25) is 9.69 Å². The Hall–Kier alpha value is -3.40. The van der Waals surface area contributed by atoms with E-state index >= 15 is 0 Å². The lowest BCUT2D eigenvalue weighted by Crippen LogP contribution is -2.55. The molecular weight excluding hydrogens is 482 g/mol. The molecule has 0 saturated carbocycles. The van der Waals surface area contributed by atoms with Gasteiger partial charge >= 0.3 is 6.01 Å². The maximum atomic E-state index is 12.3. The third-order valence-corrected chi connectivity index (χ3v) is 7.79. The van der Waals surface area contributed by atoms with Gasteiger partial charge in [0.2, 0.25) is 5.91 Å². The molecule has 10 nitrogen and oxygen atoms in total. The van der Waals surface area contributed by atoms with E-state index in [2.05, 4.69) is 56.3 Å². The summed E-state index contributed by atoms with van der Waals surface area (Å²) >= 11 is 0. The van der Waals surface area contributed by atoms with E-state index in [1.807, 2.05) is 30.9 Å². The summed E-state index contributed by atoms with van der Waals surface area (Å²) in [5, 5.41) is 12.8. The zero-order valence-corrected chi connectivity index (χ0v) is 22.9. The number of rotatable bonds is 8. The van der Waals surface area contributed by atoms with Crippen LogP contribution in [0.4, 0.5) is 5.82 Å². The molecule has 204 valence electrons. The molecule has 2 fully saturated rings. The smallest absolute Gasteiger partial charge is 0.338 e. The van der Waals surface area contributed by atoms with Crippen molar-refractivity contribution in [2.45, 2.75) is 45.6 Å². The van der Waals surface area contributed by atoms with Gasteiger partial charge in [-0.1, -0.05) is 31.1 Å². The first-order valence-electron chi connectivity index (χ1n) is 13.7. The highest BCUT2D eigenvalue weighted by molar-refractivity contribution is 5.78. The molecule has 0 aliphatic carbocycles. The molecule has 3 aromatic rings. The van der Waals surface area contributed by atoms with Crippen LogP contribution in [0.15, 0.2) is 36.4 Å². The Morgan fingerprint density at radius 3 is 2.47 bits per heavy atom. The molecule has 2 aliphatic rings. The molecular formula is C28H39N7O3. The number of aromatic nitrogens is 4. The van der Waals surface area contributed by atoms with Crippen LogP contribution in [0.1, 0.15) is 45.1 Å². The predicted octanol–water partition coefficient (Wildman–Crippen LogP) is 3.08. The Kier molecular flexibility index (Phi) is 7.97. The molecule has 0 N–H and O–H groups in total. The molecule has 38 heavy (non-hydrogen) atoms. The zero-order chi connectivity index (χ0) is 26.6. The largest absolute Gasteiger partial charge is 0.492 e. The normalized spacial score (nSPS) is 19.3. The van der Waals surface area contributed by atoms with Crippen LogP contribution in [-0.2, 0) is 4.79 Å². The SMILES string of the molecule is COc1nnc2ccc(N3CCC(c4ccc(OCCN5CCN(C(=O)C(C)C)CC5C)cc4)CC3)nn12. The number of ether oxygens (including phenoxy) is 2. The fourth-order valence-corrected chi connectivity index (χ4v) is 5.51. The summed E-state index contributed by atoms with van der Waals surface area (Å²) in [5.74, 6) is 2.67. The maximum Gasteiger partial charge on any atom is 0.338 e. The molecule has 2 aromatic heterocycles. The molecule has 2 saturated heterocycles. The second kappa shape index (κ2) is 11.6. The van der Waals surface area contributed by atoms with Gasteiger partial charge < -0.3 is 19.3 Å². The first-order valence-corrected chi connectivity index (χ1v) is 13.7. The van der Waals surface area contributed by atoms with Gasteiger partial charge in [0.25, 0.3) is 0 Å². The monoisotopic (exact) mass is 521 g/mol. The fourth-order valence-electron chi connectivity index (χ4n) is 5.51. The van der Waals surface area contributed by atoms with Gasteiger partial charge in [0.1, 0.15) is 18.2 Å². The van der Waals surface area contributed by atoms with Crippen LogP contribution in [-0.4, -0.2) is 94.5 Å². The van der Waals surface area contributed by atoms with E-state index in [0.29, 0.717) is 30.2 Å². The van der Waals surface area contributed by atoms with E-state index in [4.69, 9.17) is 9.47 Å². The van der Waals surface area contributed by atoms with E-state index in [-0.39, 0.29) is 11.8 Å². The standard InChI is InChI=1S/C28H39N7O3/c1-20(2)27(36)34-16-15-32(21(3)19-34)17-18-38-24-7-5-22(6-8-24)23-11-13-33(14-12-23)26-10-9-25-29-30-28(37-4)35(25)31-26/h5-10,20-21,23H,11-19H2,1-4H3. The van der Waals surface area contributed by atoms with Crippen LogP contribution in [0, 0.1) is 5.92 Å². The number of anilines is 1. The predicted molar refractivity (Wildman–Crippen MR) is 146 cm³/mol. The number of piperidine rings is 1. The summed E-state index contributed by atoms with van der Waals surface area (Å²) in [6.07, 6.45) is 2.14. The first kappa shape index (κ1) is 26.2. The number of hydrogen-bond acceptors (Lipinski definition) is 8. The maximum absolute atomic E-state index is 12.3. The number of carbonyl (C=O) groups is 1. The van der Waals surface area contributed by atoms with Gasteiger partial charge in [0.15, 0.2) is 5.65 Å². The molecule has 1 aromatic carbocycles. The Morgan fingerprint density at radius 2 is 1.79 bits per heavy atom. The van der Waals surface area contributed by atoms with Gasteiger partial charge in [-0.05, 0) is 55.5 Å². The van der Waals surface area contributed by atoms with Gasteiger partial charge in [-0.15, -0.1) is 10.2 Å². The molecule has 4 heterocycles. The van der Waals surface area contributed by atoms with Crippen LogP contribution in [0.5, 0.6) is 11.8 Å². The number of methoxy groups -OCH3 is 1. The van der Waals surface area contributed by atoms with Gasteiger partial charge in [0, 0.05) is 51.2 Å². The fraction of sp³-hybridized carbons (Fsp3) is 0.571. The Bertz CT molecular complexity index is 1220. The topological polar surface area (TPSA) is 88.3 Å². The summed E-state index contributed by atoms with van der Waals surface area (Å²) in [7, 11) is 1.58. The third kappa shape index (κ3) is 5.70. The second-order valence-corrected chi connectivity index (χ2v) is 10.7. The van der Waals surface area contributed by atoms with Crippen LogP contribution < -0.4 is 14.4 Å². The number of amides is 1. The third-order valence-electron chi connectivity index (χ3n) is 7.79. The molecule has 2 aliphatic heterocycles. The molecule has 1 unspecified atom stereocenters. The van der Waals surface area contributed by atoms with E-state index < -0.39 is 0 Å². The first-order chi connectivity index (χ1) is 18.4. The van der Waals surface area contributed by atoms with Crippen molar-refractivity contribution >= 4 is 17.4 Å². The molecule has 10 heteroatoms. The van der Waals surface area contributed by atoms with Crippen molar-refractivity contribution in [1.29, 1.82) is 0 Å². The van der Waals surface area contributed by atoms with Crippen molar-refractivity contribution in [3.05, 3.63) is 42.0 Å². The number of piperazine rings is 1. The van der Waals surface area contributed by atoms with Gasteiger partial charge in [0.05, 0.1) is 7.11 Å². The highest BCUT2D eigenvalue weighted by atomic mass is 16.5. The second-order valence-electron chi connectivity index (χ2n) is 10.7. The molecule has 5 rings (SSSR count). The van der Waals surface area contributed by atoms with Crippen molar-refractivity contribution in [2.75, 3.05) is 57.9 Å². The van der Waals surface area contributed by atoms with Crippen LogP contribution in [0.3, 0.4) is 0 Å². The highest BCUT2D eigenvalue weighted by Crippen LogP contribution is 2.31. The van der Waals surface area contributed by atoms with Crippen LogP contribution in [0.25, 0.3) is 5.65 Å². The van der Waals surface area contributed by atoms with Crippen molar-refractivity contribution in [3.63, 3.8) is 0 Å². The average molecular weight is 522 g/mol. The van der Waals surface area contributed by atoms with Crippen molar-refractivity contribution in [3.8, 4) is 11.8 Å². The summed E-state index contributed by atoms with van der Waals surface area (Å²) in [4.78, 5) is 19.0. The molecule has 1 atom stereocenters. The Morgan fingerprint density at radius 1 is 1.03 bits per heavy atom. The average Bonchev–Trinajstić information content (AvgIpc) is 3.36. The van der Waals surface area contributed by atoms with E-state index in [9.17, 15) is 4.79 Å². The highest BCUT2D eigenvalue weighted by Gasteiger charge is 2.27.